The molecule has 2 amide bonds. The summed E-state index contributed by atoms with van der Waals surface area (Å²) >= 11 is 1.28. The third-order valence-electron chi connectivity index (χ3n) is 3.84. The second kappa shape index (κ2) is 6.55. The smallest absolute Gasteiger partial charge is 0.291 e. The van der Waals surface area contributed by atoms with Gasteiger partial charge in [-0.25, -0.2) is 0 Å². The number of nitrogens with one attached hydrogen (secondary N) is 1. The molecule has 0 bridgehead atoms. The van der Waals surface area contributed by atoms with Crippen molar-refractivity contribution in [3.8, 4) is 0 Å². The summed E-state index contributed by atoms with van der Waals surface area (Å²) in [5, 5.41) is 3.40. The summed E-state index contributed by atoms with van der Waals surface area (Å²) in [5.74, 6) is -0.0951. The molecule has 1 aliphatic heterocycles. The maximum atomic E-state index is 12.6. The Morgan fingerprint density at radius 3 is 3.00 bits per heavy atom. The topological polar surface area (TPSA) is 88.6 Å². The first kappa shape index (κ1) is 15.8. The summed E-state index contributed by atoms with van der Waals surface area (Å²) < 4.78 is 5.06. The molecule has 6 nitrogen and oxygen atoms in total. The predicted octanol–water partition coefficient (Wildman–Crippen LogP) is 2.47. The van der Waals surface area contributed by atoms with Gasteiger partial charge in [-0.2, -0.15) is 0 Å². The van der Waals surface area contributed by atoms with Crippen LogP contribution in [0.15, 0.2) is 28.9 Å². The van der Waals surface area contributed by atoms with E-state index in [9.17, 15) is 9.59 Å². The maximum Gasteiger partial charge on any atom is 0.291 e. The lowest BCUT2D eigenvalue weighted by Crippen LogP contribution is -2.45. The fraction of sp³-hybridized carbons (Fsp3) is 0.375. The summed E-state index contributed by atoms with van der Waals surface area (Å²) in [7, 11) is 0. The van der Waals surface area contributed by atoms with Crippen LogP contribution < -0.4 is 11.1 Å². The molecule has 2 aromatic heterocycles. The van der Waals surface area contributed by atoms with E-state index in [4.69, 9.17) is 10.2 Å². The van der Waals surface area contributed by atoms with E-state index in [0.29, 0.717) is 16.4 Å². The zero-order valence-corrected chi connectivity index (χ0v) is 13.7. The van der Waals surface area contributed by atoms with Gasteiger partial charge in [0.05, 0.1) is 16.1 Å². The third-order valence-corrected chi connectivity index (χ3v) is 4.98. The Kier molecular flexibility index (Phi) is 4.49. The largest absolute Gasteiger partial charge is 0.459 e. The van der Waals surface area contributed by atoms with Gasteiger partial charge < -0.3 is 20.4 Å². The van der Waals surface area contributed by atoms with Crippen LogP contribution in [-0.4, -0.2) is 35.8 Å². The second-order valence-corrected chi connectivity index (χ2v) is 6.76. The van der Waals surface area contributed by atoms with Gasteiger partial charge in [0.1, 0.15) is 0 Å². The van der Waals surface area contributed by atoms with Crippen molar-refractivity contribution in [2.24, 2.45) is 5.73 Å². The van der Waals surface area contributed by atoms with Crippen molar-refractivity contribution in [1.29, 1.82) is 0 Å². The van der Waals surface area contributed by atoms with Crippen molar-refractivity contribution in [1.82, 2.24) is 4.90 Å². The number of rotatable bonds is 3. The first-order chi connectivity index (χ1) is 11.0. The van der Waals surface area contributed by atoms with Crippen molar-refractivity contribution in [3.63, 3.8) is 0 Å². The number of thiophene rings is 1. The van der Waals surface area contributed by atoms with Crippen LogP contribution in [0, 0.1) is 6.92 Å². The molecule has 3 rings (SSSR count). The molecule has 0 aromatic carbocycles. The van der Waals surface area contributed by atoms with Gasteiger partial charge in [-0.15, -0.1) is 11.3 Å². The fourth-order valence-corrected chi connectivity index (χ4v) is 3.71. The molecule has 3 N–H and O–H groups in total. The molecule has 1 unspecified atom stereocenters. The summed E-state index contributed by atoms with van der Waals surface area (Å²) in [6.07, 6.45) is 3.33. The maximum absolute atomic E-state index is 12.6. The highest BCUT2D eigenvalue weighted by atomic mass is 32.1. The predicted molar refractivity (Wildman–Crippen MR) is 88.8 cm³/mol. The van der Waals surface area contributed by atoms with Crippen LogP contribution in [0.2, 0.25) is 0 Å². The van der Waals surface area contributed by atoms with Gasteiger partial charge in [-0.1, -0.05) is 0 Å². The van der Waals surface area contributed by atoms with Gasteiger partial charge in [0, 0.05) is 19.1 Å². The van der Waals surface area contributed by atoms with E-state index < -0.39 is 0 Å². The highest BCUT2D eigenvalue weighted by Crippen LogP contribution is 2.29. The Balaban J connectivity index is 1.73. The lowest BCUT2D eigenvalue weighted by molar-refractivity contribution is 0.0713. The molecule has 0 saturated carbocycles. The van der Waals surface area contributed by atoms with Crippen LogP contribution in [0.5, 0.6) is 0 Å². The number of hydrogen-bond acceptors (Lipinski definition) is 5. The van der Waals surface area contributed by atoms with Crippen molar-refractivity contribution >= 4 is 28.2 Å². The average molecular weight is 333 g/mol. The van der Waals surface area contributed by atoms with E-state index in [1.807, 2.05) is 13.0 Å². The molecule has 1 fully saturated rings. The number of carbonyl (C=O) groups excluding carboxylic acids is 2. The minimum atomic E-state index is -0.324. The number of hydrogen-bond donors (Lipinski definition) is 2. The zero-order valence-electron chi connectivity index (χ0n) is 12.9. The standard InChI is InChI=1S/C16H19N3O3S/c1-10-8-13(18-15(20)12-5-3-7-22-12)23-14(10)16(21)19-6-2-4-11(17)9-19/h3,5,7-8,11H,2,4,6,9,17H2,1H3,(H,18,20). The molecule has 0 spiro atoms. The number of piperidine rings is 1. The van der Waals surface area contributed by atoms with Gasteiger partial charge in [0.2, 0.25) is 0 Å². The van der Waals surface area contributed by atoms with Crippen LogP contribution in [0.3, 0.4) is 0 Å². The minimum Gasteiger partial charge on any atom is -0.459 e. The number of nitrogens with zero attached hydrogens (tertiary/aromatic N) is 1. The summed E-state index contributed by atoms with van der Waals surface area (Å²) in [5.41, 5.74) is 6.80. The number of nitrogens with two attached hydrogens (primary N) is 1. The van der Waals surface area contributed by atoms with Gasteiger partial charge in [0.25, 0.3) is 11.8 Å². The molecular formula is C16H19N3O3S. The molecular weight excluding hydrogens is 314 g/mol. The normalized spacial score (nSPS) is 18.0. The minimum absolute atomic E-state index is 0.0128. The zero-order chi connectivity index (χ0) is 16.4. The molecule has 1 saturated heterocycles. The third kappa shape index (κ3) is 3.46. The molecule has 7 heteroatoms. The molecule has 0 aliphatic carbocycles. The highest BCUT2D eigenvalue weighted by Gasteiger charge is 2.25. The van der Waals surface area contributed by atoms with E-state index in [1.54, 1.807) is 17.0 Å². The van der Waals surface area contributed by atoms with Gasteiger partial charge in [-0.3, -0.25) is 9.59 Å². The molecule has 2 aromatic rings. The summed E-state index contributed by atoms with van der Waals surface area (Å²) in [6.45, 7) is 3.19. The molecule has 3 heterocycles. The average Bonchev–Trinajstić information content (AvgIpc) is 3.16. The van der Waals surface area contributed by atoms with E-state index in [2.05, 4.69) is 5.32 Å². The summed E-state index contributed by atoms with van der Waals surface area (Å²) in [6, 6.07) is 5.11. The molecule has 23 heavy (non-hydrogen) atoms. The van der Waals surface area contributed by atoms with Gasteiger partial charge in [-0.05, 0) is 43.5 Å². The van der Waals surface area contributed by atoms with E-state index in [0.717, 1.165) is 24.9 Å². The Morgan fingerprint density at radius 2 is 2.30 bits per heavy atom. The first-order valence-corrected chi connectivity index (χ1v) is 8.36. The Labute approximate surface area is 138 Å². The number of aryl methyl sites for hydroxylation is 1. The number of anilines is 1. The van der Waals surface area contributed by atoms with Gasteiger partial charge >= 0.3 is 0 Å². The molecule has 122 valence electrons. The number of carbonyl (C=O) groups is 2. The van der Waals surface area contributed by atoms with E-state index in [-0.39, 0.29) is 23.6 Å². The number of likely N-dealkylation sites (tertiary alicyclic amines) is 1. The van der Waals surface area contributed by atoms with Crippen molar-refractivity contribution in [3.05, 3.63) is 40.7 Å². The fourth-order valence-electron chi connectivity index (χ4n) is 2.68. The Morgan fingerprint density at radius 1 is 1.48 bits per heavy atom. The highest BCUT2D eigenvalue weighted by molar-refractivity contribution is 7.18. The quantitative estimate of drug-likeness (QED) is 0.903. The van der Waals surface area contributed by atoms with Crippen LogP contribution >= 0.6 is 11.3 Å². The second-order valence-electron chi connectivity index (χ2n) is 5.71. The lowest BCUT2D eigenvalue weighted by atomic mass is 10.1. The Hall–Kier alpha value is -2.12. The van der Waals surface area contributed by atoms with E-state index in [1.165, 1.54) is 17.6 Å². The van der Waals surface area contributed by atoms with Crippen LogP contribution in [0.25, 0.3) is 0 Å². The van der Waals surface area contributed by atoms with Crippen LogP contribution in [0.4, 0.5) is 5.00 Å². The molecule has 0 radical (unpaired) electrons. The first-order valence-electron chi connectivity index (χ1n) is 7.54. The number of amides is 2. The molecule has 1 atom stereocenters. The summed E-state index contributed by atoms with van der Waals surface area (Å²) in [4.78, 5) is 27.1. The Bertz CT molecular complexity index is 708. The van der Waals surface area contributed by atoms with E-state index >= 15 is 0 Å². The number of furan rings is 1. The molecule has 1 aliphatic rings. The monoisotopic (exact) mass is 333 g/mol. The van der Waals surface area contributed by atoms with Crippen LogP contribution in [-0.2, 0) is 0 Å². The van der Waals surface area contributed by atoms with Gasteiger partial charge in [0.15, 0.2) is 5.76 Å². The SMILES string of the molecule is Cc1cc(NC(=O)c2ccco2)sc1C(=O)N1CCCC(N)C1. The van der Waals surface area contributed by atoms with Crippen molar-refractivity contribution in [2.45, 2.75) is 25.8 Å². The van der Waals surface area contributed by atoms with Crippen molar-refractivity contribution in [2.75, 3.05) is 18.4 Å². The van der Waals surface area contributed by atoms with Crippen LogP contribution in [0.1, 0.15) is 38.6 Å². The van der Waals surface area contributed by atoms with Crippen molar-refractivity contribution < 1.29 is 14.0 Å². The lowest BCUT2D eigenvalue weighted by Gasteiger charge is -2.30.